The van der Waals surface area contributed by atoms with Crippen molar-refractivity contribution in [3.63, 3.8) is 0 Å². The zero-order chi connectivity index (χ0) is 20.9. The highest BCUT2D eigenvalue weighted by Crippen LogP contribution is 2.38. The third-order valence-corrected chi connectivity index (χ3v) is 7.49. The summed E-state index contributed by atoms with van der Waals surface area (Å²) in [5.41, 5.74) is 5.87. The molecule has 3 aliphatic rings. The molecule has 0 spiro atoms. The van der Waals surface area contributed by atoms with Gasteiger partial charge >= 0.3 is 0 Å². The van der Waals surface area contributed by atoms with E-state index in [9.17, 15) is 18.0 Å². The number of rotatable bonds is 5. The molecular formula is C21H23N3O5S. The molecule has 0 saturated carbocycles. The molecule has 5 rings (SSSR count). The largest absolute Gasteiger partial charge is 0.477 e. The predicted molar refractivity (Wildman–Crippen MR) is 109 cm³/mol. The number of carbonyl (C=O) groups excluding carboxylic acids is 2. The van der Waals surface area contributed by atoms with Gasteiger partial charge < -0.3 is 10.1 Å². The number of nitrogens with zero attached hydrogens (tertiary/aromatic N) is 1. The van der Waals surface area contributed by atoms with Crippen LogP contribution >= 0.6 is 0 Å². The summed E-state index contributed by atoms with van der Waals surface area (Å²) in [5.74, 6) is -0.627. The monoisotopic (exact) mass is 429 g/mol. The van der Waals surface area contributed by atoms with Gasteiger partial charge in [-0.3, -0.25) is 14.2 Å². The number of sulfonamides is 1. The standard InChI is InChI=1S/C21H23N3O5S/c25-18(23-20-15-5-1-3-13(15)11-14-4-2-6-16(14)20)12-22-30(27,28)17-7-9-24-19(26)8-10-29-21(17)24/h7,9,11,22H,1-6,8,10,12H2,(H,23,25). The van der Waals surface area contributed by atoms with Crippen molar-refractivity contribution in [3.8, 4) is 5.88 Å². The topological polar surface area (TPSA) is 106 Å². The summed E-state index contributed by atoms with van der Waals surface area (Å²) >= 11 is 0. The molecule has 1 aromatic carbocycles. The SMILES string of the molecule is O=C(CNS(=O)(=O)c1ccn2c1OCCC2=O)Nc1c2c(cc3c1CCC3)CCC2. The second kappa shape index (κ2) is 7.24. The minimum atomic E-state index is -4.00. The van der Waals surface area contributed by atoms with Crippen molar-refractivity contribution in [2.75, 3.05) is 18.5 Å². The number of carbonyl (C=O) groups is 2. The summed E-state index contributed by atoms with van der Waals surface area (Å²) in [4.78, 5) is 24.4. The van der Waals surface area contributed by atoms with Crippen LogP contribution in [0.4, 0.5) is 5.69 Å². The molecule has 0 fully saturated rings. The molecule has 0 saturated heterocycles. The molecule has 2 aromatic rings. The van der Waals surface area contributed by atoms with E-state index >= 15 is 0 Å². The Morgan fingerprint density at radius 2 is 1.77 bits per heavy atom. The predicted octanol–water partition coefficient (Wildman–Crippen LogP) is 1.81. The van der Waals surface area contributed by atoms with Crippen LogP contribution in [0, 0.1) is 0 Å². The van der Waals surface area contributed by atoms with Gasteiger partial charge in [0.1, 0.15) is 4.90 Å². The van der Waals surface area contributed by atoms with Gasteiger partial charge in [0.15, 0.2) is 0 Å². The first-order chi connectivity index (χ1) is 14.4. The van der Waals surface area contributed by atoms with Gasteiger partial charge in [0.2, 0.25) is 27.7 Å². The van der Waals surface area contributed by atoms with E-state index < -0.39 is 15.9 Å². The van der Waals surface area contributed by atoms with Gasteiger partial charge in [-0.1, -0.05) is 6.07 Å². The molecule has 9 heteroatoms. The van der Waals surface area contributed by atoms with Crippen molar-refractivity contribution in [1.82, 2.24) is 9.29 Å². The van der Waals surface area contributed by atoms with E-state index in [-0.39, 0.29) is 36.3 Å². The summed E-state index contributed by atoms with van der Waals surface area (Å²) in [6.07, 6.45) is 7.65. The third kappa shape index (κ3) is 3.22. The maximum atomic E-state index is 12.7. The molecule has 1 amide bonds. The minimum Gasteiger partial charge on any atom is -0.477 e. The number of aromatic nitrogens is 1. The average Bonchev–Trinajstić information content (AvgIpc) is 3.45. The quantitative estimate of drug-likeness (QED) is 0.754. The lowest BCUT2D eigenvalue weighted by molar-refractivity contribution is -0.115. The lowest BCUT2D eigenvalue weighted by Crippen LogP contribution is -2.34. The second-order valence-electron chi connectivity index (χ2n) is 7.95. The van der Waals surface area contributed by atoms with Gasteiger partial charge in [0.25, 0.3) is 0 Å². The van der Waals surface area contributed by atoms with Crippen LogP contribution < -0.4 is 14.8 Å². The number of amides is 1. The van der Waals surface area contributed by atoms with Crippen molar-refractivity contribution >= 4 is 27.5 Å². The maximum Gasteiger partial charge on any atom is 0.246 e. The van der Waals surface area contributed by atoms with Crippen molar-refractivity contribution in [3.05, 3.63) is 40.6 Å². The van der Waals surface area contributed by atoms with Gasteiger partial charge in [0, 0.05) is 11.9 Å². The molecule has 2 aliphatic carbocycles. The van der Waals surface area contributed by atoms with Gasteiger partial charge in [0.05, 0.1) is 19.6 Å². The fourth-order valence-electron chi connectivity index (χ4n) is 4.69. The first kappa shape index (κ1) is 19.3. The number of nitrogens with one attached hydrogen (secondary N) is 2. The second-order valence-corrected chi connectivity index (χ2v) is 9.69. The lowest BCUT2D eigenvalue weighted by atomic mass is 9.98. The summed E-state index contributed by atoms with van der Waals surface area (Å²) in [5, 5.41) is 2.97. The Bertz CT molecular complexity index is 1130. The Morgan fingerprint density at radius 1 is 1.07 bits per heavy atom. The average molecular weight is 429 g/mol. The van der Waals surface area contributed by atoms with Crippen LogP contribution in [-0.2, 0) is 40.5 Å². The molecule has 2 N–H and O–H groups in total. The van der Waals surface area contributed by atoms with Gasteiger partial charge in [-0.15, -0.1) is 0 Å². The molecule has 0 unspecified atom stereocenters. The van der Waals surface area contributed by atoms with Crippen molar-refractivity contribution < 1.29 is 22.7 Å². The van der Waals surface area contributed by atoms with E-state index in [1.807, 2.05) is 0 Å². The van der Waals surface area contributed by atoms with Gasteiger partial charge in [-0.05, 0) is 66.8 Å². The van der Waals surface area contributed by atoms with Crippen LogP contribution in [0.1, 0.15) is 46.3 Å². The number of fused-ring (bicyclic) bond motifs is 3. The highest BCUT2D eigenvalue weighted by atomic mass is 32.2. The molecule has 0 atom stereocenters. The van der Waals surface area contributed by atoms with Crippen molar-refractivity contribution in [1.29, 1.82) is 0 Å². The van der Waals surface area contributed by atoms with Crippen LogP contribution in [0.25, 0.3) is 0 Å². The number of anilines is 1. The lowest BCUT2D eigenvalue weighted by Gasteiger charge is -2.17. The summed E-state index contributed by atoms with van der Waals surface area (Å²) in [7, 11) is -4.00. The summed E-state index contributed by atoms with van der Waals surface area (Å²) in [6, 6.07) is 3.59. The Labute approximate surface area is 174 Å². The fraction of sp³-hybridized carbons (Fsp3) is 0.429. The summed E-state index contributed by atoms with van der Waals surface area (Å²) < 4.78 is 34.3. The third-order valence-electron chi connectivity index (χ3n) is 6.08. The molecule has 0 bridgehead atoms. The van der Waals surface area contributed by atoms with E-state index in [0.717, 1.165) is 44.2 Å². The van der Waals surface area contributed by atoms with Crippen LogP contribution in [0.15, 0.2) is 23.2 Å². The molecule has 1 aromatic heterocycles. The summed E-state index contributed by atoms with van der Waals surface area (Å²) in [6.45, 7) is -0.255. The number of ether oxygens (including phenoxy) is 1. The highest BCUT2D eigenvalue weighted by molar-refractivity contribution is 7.89. The van der Waals surface area contributed by atoms with Gasteiger partial charge in [-0.25, -0.2) is 13.1 Å². The van der Waals surface area contributed by atoms with Crippen LogP contribution in [0.3, 0.4) is 0 Å². The minimum absolute atomic E-state index is 0.00198. The Kier molecular flexibility index (Phi) is 4.67. The van der Waals surface area contributed by atoms with E-state index in [1.165, 1.54) is 39.1 Å². The Hall–Kier alpha value is -2.65. The number of aryl methyl sites for hydroxylation is 2. The van der Waals surface area contributed by atoms with E-state index in [2.05, 4.69) is 16.1 Å². The number of benzene rings is 1. The van der Waals surface area contributed by atoms with Crippen molar-refractivity contribution in [2.45, 2.75) is 49.8 Å². The zero-order valence-electron chi connectivity index (χ0n) is 16.5. The molecule has 30 heavy (non-hydrogen) atoms. The van der Waals surface area contributed by atoms with E-state index in [1.54, 1.807) is 0 Å². The highest BCUT2D eigenvalue weighted by Gasteiger charge is 2.29. The van der Waals surface area contributed by atoms with Crippen LogP contribution in [0.5, 0.6) is 5.88 Å². The first-order valence-electron chi connectivity index (χ1n) is 10.3. The molecular weight excluding hydrogens is 406 g/mol. The molecule has 0 radical (unpaired) electrons. The fourth-order valence-corrected chi connectivity index (χ4v) is 5.79. The molecule has 158 valence electrons. The normalized spacial score (nSPS) is 17.3. The Morgan fingerprint density at radius 3 is 2.47 bits per heavy atom. The molecule has 8 nitrogen and oxygen atoms in total. The van der Waals surface area contributed by atoms with Gasteiger partial charge in [-0.2, -0.15) is 0 Å². The zero-order valence-corrected chi connectivity index (χ0v) is 17.3. The maximum absolute atomic E-state index is 12.7. The first-order valence-corrected chi connectivity index (χ1v) is 11.8. The van der Waals surface area contributed by atoms with Crippen molar-refractivity contribution in [2.24, 2.45) is 0 Å². The number of hydrogen-bond acceptors (Lipinski definition) is 5. The van der Waals surface area contributed by atoms with Crippen LogP contribution in [0.2, 0.25) is 0 Å². The van der Waals surface area contributed by atoms with E-state index in [0.29, 0.717) is 0 Å². The number of hydrogen-bond donors (Lipinski definition) is 2. The molecule has 2 heterocycles. The molecule has 1 aliphatic heterocycles. The van der Waals surface area contributed by atoms with E-state index in [4.69, 9.17) is 4.74 Å². The van der Waals surface area contributed by atoms with Crippen LogP contribution in [-0.4, -0.2) is 38.0 Å². The Balaban J connectivity index is 1.33. The smallest absolute Gasteiger partial charge is 0.246 e.